The highest BCUT2D eigenvalue weighted by atomic mass is 16.5. The standard InChI is InChI=1S/C16H21NO3/c18-16(8-7-12-4-3-10-19-12)17-14-9-11-20-15-6-2-1-5-13(14)15/h1-2,5-6,12,14H,3-4,7-11H2,(H,17,18)/t12-,14-/m1/s1. The van der Waals surface area contributed by atoms with Gasteiger partial charge in [0.05, 0.1) is 18.8 Å². The Morgan fingerprint density at radius 2 is 2.15 bits per heavy atom. The number of hydrogen-bond donors (Lipinski definition) is 1. The van der Waals surface area contributed by atoms with Crippen LogP contribution in [0, 0.1) is 0 Å². The lowest BCUT2D eigenvalue weighted by molar-refractivity contribution is -0.122. The van der Waals surface area contributed by atoms with Gasteiger partial charge in [-0.3, -0.25) is 4.79 Å². The van der Waals surface area contributed by atoms with E-state index in [9.17, 15) is 4.79 Å². The molecule has 1 N–H and O–H groups in total. The first-order valence-electron chi connectivity index (χ1n) is 7.45. The van der Waals surface area contributed by atoms with E-state index in [0.29, 0.717) is 13.0 Å². The van der Waals surface area contributed by atoms with Crippen molar-refractivity contribution >= 4 is 5.91 Å². The Labute approximate surface area is 119 Å². The molecule has 2 atom stereocenters. The van der Waals surface area contributed by atoms with Gasteiger partial charge in [0, 0.05) is 25.0 Å². The van der Waals surface area contributed by atoms with E-state index in [2.05, 4.69) is 5.32 Å². The number of ether oxygens (including phenoxy) is 2. The Kier molecular flexibility index (Phi) is 4.21. The minimum Gasteiger partial charge on any atom is -0.493 e. The molecule has 1 saturated heterocycles. The molecule has 0 unspecified atom stereocenters. The van der Waals surface area contributed by atoms with E-state index in [1.807, 2.05) is 24.3 Å². The van der Waals surface area contributed by atoms with Gasteiger partial charge in [-0.25, -0.2) is 0 Å². The molecular formula is C16H21NO3. The van der Waals surface area contributed by atoms with E-state index in [-0.39, 0.29) is 18.1 Å². The highest BCUT2D eigenvalue weighted by molar-refractivity contribution is 5.76. The van der Waals surface area contributed by atoms with Crippen LogP contribution in [0.25, 0.3) is 0 Å². The summed E-state index contributed by atoms with van der Waals surface area (Å²) >= 11 is 0. The fraction of sp³-hybridized carbons (Fsp3) is 0.562. The first-order chi connectivity index (χ1) is 9.83. The molecule has 1 aromatic carbocycles. The van der Waals surface area contributed by atoms with Gasteiger partial charge in [-0.15, -0.1) is 0 Å². The lowest BCUT2D eigenvalue weighted by atomic mass is 10.00. The second-order valence-electron chi connectivity index (χ2n) is 5.47. The van der Waals surface area contributed by atoms with Gasteiger partial charge in [0.15, 0.2) is 0 Å². The zero-order valence-corrected chi connectivity index (χ0v) is 11.6. The minimum atomic E-state index is 0.0805. The molecule has 0 aromatic heterocycles. The average molecular weight is 275 g/mol. The van der Waals surface area contributed by atoms with Gasteiger partial charge in [0.1, 0.15) is 5.75 Å². The zero-order chi connectivity index (χ0) is 13.8. The maximum Gasteiger partial charge on any atom is 0.220 e. The smallest absolute Gasteiger partial charge is 0.220 e. The van der Waals surface area contributed by atoms with E-state index < -0.39 is 0 Å². The zero-order valence-electron chi connectivity index (χ0n) is 11.6. The molecule has 1 amide bonds. The Bertz CT molecular complexity index is 469. The van der Waals surface area contributed by atoms with Gasteiger partial charge in [-0.2, -0.15) is 0 Å². The van der Waals surface area contributed by atoms with E-state index in [1.165, 1.54) is 0 Å². The number of nitrogens with one attached hydrogen (secondary N) is 1. The molecule has 4 heteroatoms. The van der Waals surface area contributed by atoms with Crippen LogP contribution < -0.4 is 10.1 Å². The largest absolute Gasteiger partial charge is 0.493 e. The number of para-hydroxylation sites is 1. The number of carbonyl (C=O) groups excluding carboxylic acids is 1. The normalized spacial score (nSPS) is 24.8. The second-order valence-corrected chi connectivity index (χ2v) is 5.47. The third-order valence-corrected chi connectivity index (χ3v) is 4.01. The summed E-state index contributed by atoms with van der Waals surface area (Å²) in [5.74, 6) is 1.00. The quantitative estimate of drug-likeness (QED) is 0.918. The number of benzene rings is 1. The number of fused-ring (bicyclic) bond motifs is 1. The first-order valence-corrected chi connectivity index (χ1v) is 7.45. The SMILES string of the molecule is O=C(CC[C@H]1CCCO1)N[C@@H]1CCOc2ccccc21. The molecule has 0 aliphatic carbocycles. The van der Waals surface area contributed by atoms with Gasteiger partial charge in [-0.1, -0.05) is 18.2 Å². The van der Waals surface area contributed by atoms with Crippen LogP contribution in [0.2, 0.25) is 0 Å². The van der Waals surface area contributed by atoms with Crippen LogP contribution in [0.1, 0.15) is 43.7 Å². The van der Waals surface area contributed by atoms with Crippen molar-refractivity contribution in [3.63, 3.8) is 0 Å². The third kappa shape index (κ3) is 3.12. The average Bonchev–Trinajstić information content (AvgIpc) is 2.99. The summed E-state index contributed by atoms with van der Waals surface area (Å²) in [5.41, 5.74) is 1.09. The van der Waals surface area contributed by atoms with Crippen LogP contribution in [0.5, 0.6) is 5.75 Å². The predicted molar refractivity (Wildman–Crippen MR) is 75.6 cm³/mol. The number of amides is 1. The third-order valence-electron chi connectivity index (χ3n) is 4.01. The van der Waals surface area contributed by atoms with Gasteiger partial charge in [0.25, 0.3) is 0 Å². The number of hydrogen-bond acceptors (Lipinski definition) is 3. The van der Waals surface area contributed by atoms with Crippen LogP contribution >= 0.6 is 0 Å². The molecule has 4 nitrogen and oxygen atoms in total. The van der Waals surface area contributed by atoms with E-state index in [4.69, 9.17) is 9.47 Å². The van der Waals surface area contributed by atoms with E-state index in [0.717, 1.165) is 43.6 Å². The van der Waals surface area contributed by atoms with Crippen molar-refractivity contribution in [1.82, 2.24) is 5.32 Å². The first kappa shape index (κ1) is 13.4. The molecule has 1 fully saturated rings. The fourth-order valence-electron chi connectivity index (χ4n) is 2.92. The van der Waals surface area contributed by atoms with Crippen molar-refractivity contribution in [2.24, 2.45) is 0 Å². The molecule has 1 aromatic rings. The van der Waals surface area contributed by atoms with Gasteiger partial charge < -0.3 is 14.8 Å². The van der Waals surface area contributed by atoms with Gasteiger partial charge in [-0.05, 0) is 25.3 Å². The molecule has 0 radical (unpaired) electrons. The molecular weight excluding hydrogens is 254 g/mol. The van der Waals surface area contributed by atoms with E-state index in [1.54, 1.807) is 0 Å². The Morgan fingerprint density at radius 3 is 3.00 bits per heavy atom. The van der Waals surface area contributed by atoms with Crippen molar-refractivity contribution in [3.05, 3.63) is 29.8 Å². The summed E-state index contributed by atoms with van der Waals surface area (Å²) in [6.45, 7) is 1.51. The topological polar surface area (TPSA) is 47.6 Å². The second kappa shape index (κ2) is 6.27. The van der Waals surface area contributed by atoms with Gasteiger partial charge >= 0.3 is 0 Å². The van der Waals surface area contributed by atoms with Crippen molar-refractivity contribution < 1.29 is 14.3 Å². The van der Waals surface area contributed by atoms with Crippen LogP contribution in [0.3, 0.4) is 0 Å². The van der Waals surface area contributed by atoms with Crippen molar-refractivity contribution in [2.45, 2.75) is 44.2 Å². The Hall–Kier alpha value is -1.55. The molecule has 2 aliphatic heterocycles. The summed E-state index contributed by atoms with van der Waals surface area (Å²) < 4.78 is 11.2. The molecule has 0 saturated carbocycles. The molecule has 0 spiro atoms. The van der Waals surface area contributed by atoms with Crippen LogP contribution in [0.15, 0.2) is 24.3 Å². The predicted octanol–water partition coefficient (Wildman–Crippen LogP) is 2.59. The lowest BCUT2D eigenvalue weighted by Crippen LogP contribution is -2.32. The van der Waals surface area contributed by atoms with E-state index >= 15 is 0 Å². The lowest BCUT2D eigenvalue weighted by Gasteiger charge is -2.26. The van der Waals surface area contributed by atoms with Crippen molar-refractivity contribution in [3.8, 4) is 5.75 Å². The summed E-state index contributed by atoms with van der Waals surface area (Å²) in [6.07, 6.45) is 4.71. The Balaban J connectivity index is 1.54. The van der Waals surface area contributed by atoms with Crippen molar-refractivity contribution in [1.29, 1.82) is 0 Å². The highest BCUT2D eigenvalue weighted by Gasteiger charge is 2.23. The summed E-state index contributed by atoms with van der Waals surface area (Å²) in [7, 11) is 0. The van der Waals surface area contributed by atoms with Crippen LogP contribution in [0.4, 0.5) is 0 Å². The van der Waals surface area contributed by atoms with Gasteiger partial charge in [0.2, 0.25) is 5.91 Å². The number of carbonyl (C=O) groups is 1. The maximum absolute atomic E-state index is 12.1. The summed E-state index contributed by atoms with van der Waals surface area (Å²) in [5, 5.41) is 3.12. The Morgan fingerprint density at radius 1 is 1.25 bits per heavy atom. The molecule has 0 bridgehead atoms. The highest BCUT2D eigenvalue weighted by Crippen LogP contribution is 2.31. The van der Waals surface area contributed by atoms with Crippen LogP contribution in [-0.2, 0) is 9.53 Å². The monoisotopic (exact) mass is 275 g/mol. The fourth-order valence-corrected chi connectivity index (χ4v) is 2.92. The number of rotatable bonds is 4. The summed E-state index contributed by atoms with van der Waals surface area (Å²) in [6, 6.07) is 8.01. The molecule has 3 rings (SSSR count). The molecule has 2 aliphatic rings. The molecule has 20 heavy (non-hydrogen) atoms. The van der Waals surface area contributed by atoms with Crippen LogP contribution in [-0.4, -0.2) is 25.2 Å². The maximum atomic E-state index is 12.1. The molecule has 108 valence electrons. The van der Waals surface area contributed by atoms with Crippen molar-refractivity contribution in [2.75, 3.05) is 13.2 Å². The summed E-state index contributed by atoms with van der Waals surface area (Å²) in [4.78, 5) is 12.1. The molecule has 2 heterocycles. The minimum absolute atomic E-state index is 0.0805.